The van der Waals surface area contributed by atoms with Crippen molar-refractivity contribution in [2.24, 2.45) is 0 Å². The Morgan fingerprint density at radius 1 is 1.67 bits per heavy atom. The van der Waals surface area contributed by atoms with Gasteiger partial charge < -0.3 is 5.32 Å². The molecule has 0 amide bonds. The van der Waals surface area contributed by atoms with E-state index in [4.69, 9.17) is 0 Å². The third-order valence-corrected chi connectivity index (χ3v) is 2.70. The minimum atomic E-state index is 0.801. The van der Waals surface area contributed by atoms with Gasteiger partial charge in [-0.25, -0.2) is 0 Å². The molecule has 1 nitrogen and oxygen atoms in total. The Morgan fingerprint density at radius 2 is 2.44 bits per heavy atom. The standard InChI is InChI=1S/C7H13NS/c1-2-3-4-8-7-5-9-6-7/h2,7-8H,1,3-6H2. The first kappa shape index (κ1) is 7.16. The third kappa shape index (κ3) is 2.41. The Morgan fingerprint density at radius 3 is 2.89 bits per heavy atom. The minimum absolute atomic E-state index is 0.801. The normalized spacial score (nSPS) is 19.1. The highest BCUT2D eigenvalue weighted by Gasteiger charge is 2.15. The topological polar surface area (TPSA) is 12.0 Å². The van der Waals surface area contributed by atoms with E-state index in [0.29, 0.717) is 0 Å². The monoisotopic (exact) mass is 143 g/mol. The zero-order valence-corrected chi connectivity index (χ0v) is 6.41. The van der Waals surface area contributed by atoms with E-state index < -0.39 is 0 Å². The maximum absolute atomic E-state index is 3.66. The largest absolute Gasteiger partial charge is 0.312 e. The molecular formula is C7H13NS. The van der Waals surface area contributed by atoms with Crippen molar-refractivity contribution in [3.8, 4) is 0 Å². The fourth-order valence-electron chi connectivity index (χ4n) is 0.743. The molecule has 0 saturated carbocycles. The Hall–Kier alpha value is 0.0500. The van der Waals surface area contributed by atoms with E-state index in [0.717, 1.165) is 19.0 Å². The van der Waals surface area contributed by atoms with Crippen molar-refractivity contribution >= 4 is 11.8 Å². The maximum atomic E-state index is 3.66. The van der Waals surface area contributed by atoms with Gasteiger partial charge in [-0.05, 0) is 13.0 Å². The van der Waals surface area contributed by atoms with Gasteiger partial charge >= 0.3 is 0 Å². The predicted molar refractivity (Wildman–Crippen MR) is 43.9 cm³/mol. The van der Waals surface area contributed by atoms with Crippen LogP contribution in [-0.4, -0.2) is 24.1 Å². The smallest absolute Gasteiger partial charge is 0.0248 e. The molecule has 0 atom stereocenters. The first-order chi connectivity index (χ1) is 4.43. The molecule has 1 rings (SSSR count). The summed E-state index contributed by atoms with van der Waals surface area (Å²) in [6.07, 6.45) is 3.06. The molecule has 1 aliphatic rings. The van der Waals surface area contributed by atoms with Gasteiger partial charge in [0.1, 0.15) is 0 Å². The number of thioether (sulfide) groups is 1. The third-order valence-electron chi connectivity index (χ3n) is 1.42. The molecular weight excluding hydrogens is 130 g/mol. The van der Waals surface area contributed by atoms with Gasteiger partial charge in [0.2, 0.25) is 0 Å². The first-order valence-electron chi connectivity index (χ1n) is 3.35. The van der Waals surface area contributed by atoms with Crippen molar-refractivity contribution in [2.45, 2.75) is 12.5 Å². The number of hydrogen-bond donors (Lipinski definition) is 1. The van der Waals surface area contributed by atoms with Crippen LogP contribution in [0.15, 0.2) is 12.7 Å². The molecule has 0 radical (unpaired) electrons. The second-order valence-corrected chi connectivity index (χ2v) is 3.34. The lowest BCUT2D eigenvalue weighted by atomic mass is 10.3. The van der Waals surface area contributed by atoms with Crippen molar-refractivity contribution in [3.05, 3.63) is 12.7 Å². The van der Waals surface area contributed by atoms with Gasteiger partial charge in [-0.1, -0.05) is 6.08 Å². The van der Waals surface area contributed by atoms with Crippen LogP contribution >= 0.6 is 11.8 Å². The van der Waals surface area contributed by atoms with E-state index in [1.54, 1.807) is 0 Å². The second kappa shape index (κ2) is 3.96. The number of nitrogens with one attached hydrogen (secondary N) is 1. The highest BCUT2D eigenvalue weighted by molar-refractivity contribution is 8.00. The van der Waals surface area contributed by atoms with E-state index >= 15 is 0 Å². The molecule has 1 fully saturated rings. The van der Waals surface area contributed by atoms with Gasteiger partial charge in [0.15, 0.2) is 0 Å². The van der Waals surface area contributed by atoms with Crippen molar-refractivity contribution in [1.29, 1.82) is 0 Å². The maximum Gasteiger partial charge on any atom is 0.0248 e. The summed E-state index contributed by atoms with van der Waals surface area (Å²) in [7, 11) is 0. The molecule has 9 heavy (non-hydrogen) atoms. The van der Waals surface area contributed by atoms with Crippen LogP contribution in [0.4, 0.5) is 0 Å². The molecule has 0 bridgehead atoms. The number of rotatable bonds is 4. The molecule has 0 spiro atoms. The second-order valence-electron chi connectivity index (χ2n) is 2.27. The molecule has 0 aromatic carbocycles. The van der Waals surface area contributed by atoms with Gasteiger partial charge in [-0.2, -0.15) is 11.8 Å². The summed E-state index contributed by atoms with van der Waals surface area (Å²) >= 11 is 2.01. The average Bonchev–Trinajstić information content (AvgIpc) is 1.76. The molecule has 1 saturated heterocycles. The lowest BCUT2D eigenvalue weighted by molar-refractivity contribution is 0.589. The molecule has 1 aliphatic heterocycles. The highest BCUT2D eigenvalue weighted by Crippen LogP contribution is 2.16. The van der Waals surface area contributed by atoms with Crippen molar-refractivity contribution in [1.82, 2.24) is 5.32 Å². The van der Waals surface area contributed by atoms with E-state index in [1.165, 1.54) is 11.5 Å². The summed E-state index contributed by atoms with van der Waals surface area (Å²) in [6, 6.07) is 0.801. The molecule has 0 aliphatic carbocycles. The molecule has 0 unspecified atom stereocenters. The Kier molecular flexibility index (Phi) is 3.15. The van der Waals surface area contributed by atoms with E-state index in [1.807, 2.05) is 17.8 Å². The van der Waals surface area contributed by atoms with E-state index in [2.05, 4.69) is 11.9 Å². The fraction of sp³-hybridized carbons (Fsp3) is 0.714. The van der Waals surface area contributed by atoms with Gasteiger partial charge in [-0.3, -0.25) is 0 Å². The molecule has 0 aromatic heterocycles. The minimum Gasteiger partial charge on any atom is -0.312 e. The van der Waals surface area contributed by atoms with Crippen molar-refractivity contribution in [2.75, 3.05) is 18.1 Å². The molecule has 1 heterocycles. The van der Waals surface area contributed by atoms with Crippen LogP contribution in [0.3, 0.4) is 0 Å². The van der Waals surface area contributed by atoms with Crippen molar-refractivity contribution in [3.63, 3.8) is 0 Å². The Balaban J connectivity index is 1.85. The lowest BCUT2D eigenvalue weighted by Gasteiger charge is -2.25. The quantitative estimate of drug-likeness (QED) is 0.470. The predicted octanol–water partition coefficient (Wildman–Crippen LogP) is 1.27. The summed E-state index contributed by atoms with van der Waals surface area (Å²) in [5.74, 6) is 2.61. The van der Waals surface area contributed by atoms with Gasteiger partial charge in [0.25, 0.3) is 0 Å². The summed E-state index contributed by atoms with van der Waals surface area (Å²) < 4.78 is 0. The molecule has 2 heteroatoms. The van der Waals surface area contributed by atoms with Gasteiger partial charge in [-0.15, -0.1) is 6.58 Å². The summed E-state index contributed by atoms with van der Waals surface area (Å²) in [4.78, 5) is 0. The lowest BCUT2D eigenvalue weighted by Crippen LogP contribution is -2.40. The SMILES string of the molecule is C=CCCNC1CSC1. The van der Waals surface area contributed by atoms with Crippen LogP contribution in [0.25, 0.3) is 0 Å². The Bertz CT molecular complexity index is 88.9. The van der Waals surface area contributed by atoms with Crippen LogP contribution < -0.4 is 5.32 Å². The summed E-state index contributed by atoms with van der Waals surface area (Å²) in [5, 5.41) is 3.43. The van der Waals surface area contributed by atoms with Crippen molar-refractivity contribution < 1.29 is 0 Å². The zero-order chi connectivity index (χ0) is 6.53. The van der Waals surface area contributed by atoms with Crippen LogP contribution in [0.2, 0.25) is 0 Å². The van der Waals surface area contributed by atoms with Gasteiger partial charge in [0.05, 0.1) is 0 Å². The van der Waals surface area contributed by atoms with Crippen LogP contribution in [0, 0.1) is 0 Å². The summed E-state index contributed by atoms with van der Waals surface area (Å²) in [6.45, 7) is 4.76. The highest BCUT2D eigenvalue weighted by atomic mass is 32.2. The Labute approximate surface area is 60.9 Å². The molecule has 1 N–H and O–H groups in total. The first-order valence-corrected chi connectivity index (χ1v) is 4.51. The van der Waals surface area contributed by atoms with E-state index in [-0.39, 0.29) is 0 Å². The van der Waals surface area contributed by atoms with Gasteiger partial charge in [0, 0.05) is 17.5 Å². The van der Waals surface area contributed by atoms with E-state index in [9.17, 15) is 0 Å². The average molecular weight is 143 g/mol. The zero-order valence-electron chi connectivity index (χ0n) is 5.60. The number of hydrogen-bond acceptors (Lipinski definition) is 2. The fourth-order valence-corrected chi connectivity index (χ4v) is 1.45. The molecule has 0 aromatic rings. The van der Waals surface area contributed by atoms with Crippen LogP contribution in [0.5, 0.6) is 0 Å². The van der Waals surface area contributed by atoms with Crippen LogP contribution in [-0.2, 0) is 0 Å². The van der Waals surface area contributed by atoms with Crippen LogP contribution in [0.1, 0.15) is 6.42 Å². The molecule has 52 valence electrons. The summed E-state index contributed by atoms with van der Waals surface area (Å²) in [5.41, 5.74) is 0.